The molecule has 0 unspecified atom stereocenters. The molecule has 1 saturated heterocycles. The first-order chi connectivity index (χ1) is 10.2. The summed E-state index contributed by atoms with van der Waals surface area (Å²) in [5, 5.41) is 7.52. The van der Waals surface area contributed by atoms with Gasteiger partial charge in [0.2, 0.25) is 0 Å². The summed E-state index contributed by atoms with van der Waals surface area (Å²) in [4.78, 5) is 4.94. The highest BCUT2D eigenvalue weighted by atomic mass is 32.1. The van der Waals surface area contributed by atoms with E-state index >= 15 is 0 Å². The lowest BCUT2D eigenvalue weighted by molar-refractivity contribution is 0.154. The number of hydrogen-bond donors (Lipinski definition) is 1. The fraction of sp³-hybridized carbons (Fsp3) is 0.867. The Morgan fingerprint density at radius 1 is 1.14 bits per heavy atom. The molecule has 2 heterocycles. The monoisotopic (exact) mass is 309 g/mol. The number of rotatable bonds is 4. The largest absolute Gasteiger partial charge is 0.304 e. The van der Waals surface area contributed by atoms with Gasteiger partial charge in [0, 0.05) is 45.2 Å². The van der Waals surface area contributed by atoms with Crippen LogP contribution < -0.4 is 0 Å². The maximum absolute atomic E-state index is 5.46. The minimum Gasteiger partial charge on any atom is -0.304 e. The summed E-state index contributed by atoms with van der Waals surface area (Å²) in [7, 11) is 2.20. The Bertz CT molecular complexity index is 494. The first-order valence-corrected chi connectivity index (χ1v) is 8.71. The van der Waals surface area contributed by atoms with Gasteiger partial charge in [-0.3, -0.25) is 5.10 Å². The van der Waals surface area contributed by atoms with Crippen LogP contribution in [0.1, 0.15) is 44.0 Å². The molecular weight excluding hydrogens is 282 g/mol. The summed E-state index contributed by atoms with van der Waals surface area (Å²) in [6.07, 6.45) is 7.56. The maximum Gasteiger partial charge on any atom is 0.195 e. The summed E-state index contributed by atoms with van der Waals surface area (Å²) in [5.74, 6) is 1.16. The number of aromatic amines is 1. The second-order valence-electron chi connectivity index (χ2n) is 6.50. The summed E-state index contributed by atoms with van der Waals surface area (Å²) in [5.41, 5.74) is 0. The Labute approximate surface area is 132 Å². The normalized spacial score (nSPS) is 22.7. The van der Waals surface area contributed by atoms with E-state index in [4.69, 9.17) is 12.2 Å². The fourth-order valence-corrected chi connectivity index (χ4v) is 3.86. The van der Waals surface area contributed by atoms with Crippen molar-refractivity contribution in [2.75, 3.05) is 39.8 Å². The predicted octanol–water partition coefficient (Wildman–Crippen LogP) is 2.24. The second kappa shape index (κ2) is 7.03. The lowest BCUT2D eigenvalue weighted by Crippen LogP contribution is -2.45. The molecule has 0 radical (unpaired) electrons. The molecule has 21 heavy (non-hydrogen) atoms. The van der Waals surface area contributed by atoms with Crippen molar-refractivity contribution in [2.45, 2.75) is 44.6 Å². The molecule has 1 aliphatic carbocycles. The van der Waals surface area contributed by atoms with Crippen LogP contribution in [0.5, 0.6) is 0 Å². The molecule has 0 spiro atoms. The molecule has 0 atom stereocenters. The number of piperazine rings is 1. The lowest BCUT2D eigenvalue weighted by atomic mass is 9.95. The third-order valence-corrected chi connectivity index (χ3v) is 5.25. The first-order valence-electron chi connectivity index (χ1n) is 8.31. The van der Waals surface area contributed by atoms with Crippen molar-refractivity contribution >= 4 is 12.2 Å². The molecule has 0 amide bonds. The second-order valence-corrected chi connectivity index (χ2v) is 6.89. The third-order valence-electron chi connectivity index (χ3n) is 4.96. The SMILES string of the molecule is CN1CCN(CCc2n[nH]c(=S)n2C2CCCCC2)CC1. The molecule has 118 valence electrons. The molecule has 1 saturated carbocycles. The summed E-state index contributed by atoms with van der Waals surface area (Å²) in [6, 6.07) is 0.576. The molecule has 2 aliphatic rings. The van der Waals surface area contributed by atoms with Crippen molar-refractivity contribution in [2.24, 2.45) is 0 Å². The summed E-state index contributed by atoms with van der Waals surface area (Å²) in [6.45, 7) is 5.79. The molecule has 0 bridgehead atoms. The number of H-pyrrole nitrogens is 1. The van der Waals surface area contributed by atoms with Crippen molar-refractivity contribution in [1.82, 2.24) is 24.6 Å². The molecule has 1 N–H and O–H groups in total. The van der Waals surface area contributed by atoms with Crippen molar-refractivity contribution in [3.63, 3.8) is 0 Å². The fourth-order valence-electron chi connectivity index (χ4n) is 3.56. The highest BCUT2D eigenvalue weighted by molar-refractivity contribution is 7.71. The average Bonchev–Trinajstić information content (AvgIpc) is 2.88. The van der Waals surface area contributed by atoms with Gasteiger partial charge >= 0.3 is 0 Å². The Morgan fingerprint density at radius 3 is 2.57 bits per heavy atom. The molecule has 5 nitrogen and oxygen atoms in total. The molecule has 1 aliphatic heterocycles. The molecule has 1 aromatic heterocycles. The quantitative estimate of drug-likeness (QED) is 0.866. The number of hydrogen-bond acceptors (Lipinski definition) is 4. The Morgan fingerprint density at radius 2 is 1.86 bits per heavy atom. The van der Waals surface area contributed by atoms with Crippen LogP contribution >= 0.6 is 12.2 Å². The molecule has 1 aromatic rings. The highest BCUT2D eigenvalue weighted by Crippen LogP contribution is 2.29. The van der Waals surface area contributed by atoms with E-state index in [0.717, 1.165) is 23.6 Å². The van der Waals surface area contributed by atoms with Crippen LogP contribution in [0.15, 0.2) is 0 Å². The summed E-state index contributed by atoms with van der Waals surface area (Å²) < 4.78 is 3.13. The number of nitrogens with zero attached hydrogens (tertiary/aromatic N) is 4. The topological polar surface area (TPSA) is 40.1 Å². The van der Waals surface area contributed by atoms with Crippen LogP contribution in [-0.2, 0) is 6.42 Å². The minimum atomic E-state index is 0.576. The van der Waals surface area contributed by atoms with Crippen molar-refractivity contribution in [3.05, 3.63) is 10.6 Å². The van der Waals surface area contributed by atoms with Crippen molar-refractivity contribution in [3.8, 4) is 0 Å². The average molecular weight is 309 g/mol. The number of likely N-dealkylation sites (N-methyl/N-ethyl adjacent to an activating group) is 1. The van der Waals surface area contributed by atoms with Gasteiger partial charge in [-0.15, -0.1) is 0 Å². The minimum absolute atomic E-state index is 0.576. The Balaban J connectivity index is 1.61. The predicted molar refractivity (Wildman–Crippen MR) is 87.2 cm³/mol. The van der Waals surface area contributed by atoms with E-state index in [0.29, 0.717) is 6.04 Å². The van der Waals surface area contributed by atoms with Gasteiger partial charge in [0.15, 0.2) is 4.77 Å². The Hall–Kier alpha value is -0.720. The van der Waals surface area contributed by atoms with E-state index in [9.17, 15) is 0 Å². The zero-order valence-electron chi connectivity index (χ0n) is 13.1. The van der Waals surface area contributed by atoms with Crippen molar-refractivity contribution < 1.29 is 0 Å². The van der Waals surface area contributed by atoms with E-state index in [2.05, 4.69) is 31.6 Å². The standard InChI is InChI=1S/C15H27N5S/c1-18-9-11-19(12-10-18)8-7-14-16-17-15(21)20(14)13-5-3-2-4-6-13/h13H,2-12H2,1H3,(H,17,21). The van der Waals surface area contributed by atoms with Gasteiger partial charge in [-0.1, -0.05) is 19.3 Å². The van der Waals surface area contributed by atoms with Crippen molar-refractivity contribution in [1.29, 1.82) is 0 Å². The van der Waals surface area contributed by atoms with Gasteiger partial charge < -0.3 is 14.4 Å². The maximum atomic E-state index is 5.46. The van der Waals surface area contributed by atoms with Gasteiger partial charge in [0.05, 0.1) is 0 Å². The smallest absolute Gasteiger partial charge is 0.195 e. The van der Waals surface area contributed by atoms with Crippen LogP contribution in [0, 0.1) is 4.77 Å². The van der Waals surface area contributed by atoms with Crippen LogP contribution in [0.4, 0.5) is 0 Å². The van der Waals surface area contributed by atoms with E-state index in [1.165, 1.54) is 58.3 Å². The molecule has 6 heteroatoms. The first kappa shape index (κ1) is 15.2. The van der Waals surface area contributed by atoms with Gasteiger partial charge in [-0.2, -0.15) is 5.10 Å². The van der Waals surface area contributed by atoms with Gasteiger partial charge in [-0.25, -0.2) is 0 Å². The lowest BCUT2D eigenvalue weighted by Gasteiger charge is -2.32. The zero-order valence-corrected chi connectivity index (χ0v) is 13.9. The van der Waals surface area contributed by atoms with Gasteiger partial charge in [-0.05, 0) is 32.1 Å². The van der Waals surface area contributed by atoms with Crippen LogP contribution in [0.25, 0.3) is 0 Å². The van der Waals surface area contributed by atoms with E-state index < -0.39 is 0 Å². The van der Waals surface area contributed by atoms with Gasteiger partial charge in [0.25, 0.3) is 0 Å². The highest BCUT2D eigenvalue weighted by Gasteiger charge is 2.20. The molecule has 2 fully saturated rings. The van der Waals surface area contributed by atoms with Gasteiger partial charge in [0.1, 0.15) is 5.82 Å². The Kier molecular flexibility index (Phi) is 5.08. The van der Waals surface area contributed by atoms with E-state index in [1.807, 2.05) is 0 Å². The summed E-state index contributed by atoms with van der Waals surface area (Å²) >= 11 is 5.46. The zero-order chi connectivity index (χ0) is 14.7. The van der Waals surface area contributed by atoms with Crippen LogP contribution in [-0.4, -0.2) is 64.3 Å². The van der Waals surface area contributed by atoms with Crippen LogP contribution in [0.2, 0.25) is 0 Å². The molecule has 0 aromatic carbocycles. The molecule has 3 rings (SSSR count). The number of nitrogens with one attached hydrogen (secondary N) is 1. The molecular formula is C15H27N5S. The third kappa shape index (κ3) is 3.73. The van der Waals surface area contributed by atoms with E-state index in [1.54, 1.807) is 0 Å². The van der Waals surface area contributed by atoms with Crippen LogP contribution in [0.3, 0.4) is 0 Å². The van der Waals surface area contributed by atoms with E-state index in [-0.39, 0.29) is 0 Å². The number of aromatic nitrogens is 3.